The number of nitrogens with zero attached hydrogens (tertiary/aromatic N) is 1. The fourth-order valence-corrected chi connectivity index (χ4v) is 3.46. The highest BCUT2D eigenvalue weighted by Crippen LogP contribution is 2.20. The Morgan fingerprint density at radius 2 is 1.83 bits per heavy atom. The molecular weight excluding hydrogens is 302 g/mol. The summed E-state index contributed by atoms with van der Waals surface area (Å²) in [5.41, 5.74) is 6.95. The van der Waals surface area contributed by atoms with Crippen LogP contribution in [0.2, 0.25) is 0 Å². The molecule has 0 aromatic heterocycles. The van der Waals surface area contributed by atoms with Crippen LogP contribution in [0.25, 0.3) is 0 Å². The summed E-state index contributed by atoms with van der Waals surface area (Å²) in [6.45, 7) is 8.50. The van der Waals surface area contributed by atoms with Gasteiger partial charge in [-0.1, -0.05) is 57.0 Å². The third kappa shape index (κ3) is 5.03. The van der Waals surface area contributed by atoms with Crippen molar-refractivity contribution in [1.29, 1.82) is 0 Å². The topological polar surface area (TPSA) is 67.6 Å². The Kier molecular flexibility index (Phi) is 7.69. The van der Waals surface area contributed by atoms with Crippen molar-refractivity contribution < 1.29 is 9.53 Å². The molecule has 0 spiro atoms. The van der Waals surface area contributed by atoms with Gasteiger partial charge in [0.2, 0.25) is 5.91 Å². The van der Waals surface area contributed by atoms with E-state index >= 15 is 0 Å². The Labute approximate surface area is 145 Å². The summed E-state index contributed by atoms with van der Waals surface area (Å²) in [6, 6.07) is 9.26. The van der Waals surface area contributed by atoms with Crippen LogP contribution in [0.4, 0.5) is 0 Å². The van der Waals surface area contributed by atoms with Crippen LogP contribution in [0, 0.1) is 5.92 Å². The molecule has 1 aromatic rings. The maximum atomic E-state index is 12.5. The van der Waals surface area contributed by atoms with Crippen molar-refractivity contribution in [2.24, 2.45) is 11.7 Å². The molecule has 1 aliphatic rings. The second kappa shape index (κ2) is 9.77. The van der Waals surface area contributed by atoms with E-state index in [1.54, 1.807) is 0 Å². The van der Waals surface area contributed by atoms with Gasteiger partial charge in [-0.2, -0.15) is 0 Å². The zero-order valence-electron chi connectivity index (χ0n) is 14.9. The third-order valence-corrected chi connectivity index (χ3v) is 5.03. The highest BCUT2D eigenvalue weighted by molar-refractivity contribution is 5.82. The standard InChI is InChI=1S/C19H31N3O2/c1-3-15(4-2)17(22-10-12-24-13-11-22)14-21-19(23)18(20)16-8-6-5-7-9-16/h5-9,15,17-18H,3-4,10-14,20H2,1-2H3,(H,21,23). The van der Waals surface area contributed by atoms with Crippen LogP contribution in [0.15, 0.2) is 30.3 Å². The zero-order chi connectivity index (χ0) is 17.4. The van der Waals surface area contributed by atoms with E-state index in [-0.39, 0.29) is 5.91 Å². The van der Waals surface area contributed by atoms with Crippen molar-refractivity contribution in [2.45, 2.75) is 38.8 Å². The molecule has 5 heteroatoms. The molecular formula is C19H31N3O2. The number of benzene rings is 1. The Hall–Kier alpha value is -1.43. The summed E-state index contributed by atoms with van der Waals surface area (Å²) in [7, 11) is 0. The van der Waals surface area contributed by atoms with Crippen molar-refractivity contribution in [3.05, 3.63) is 35.9 Å². The molecule has 0 radical (unpaired) electrons. The van der Waals surface area contributed by atoms with Gasteiger partial charge in [-0.3, -0.25) is 9.69 Å². The van der Waals surface area contributed by atoms with Gasteiger partial charge in [-0.25, -0.2) is 0 Å². The van der Waals surface area contributed by atoms with Gasteiger partial charge < -0.3 is 15.8 Å². The van der Waals surface area contributed by atoms with Crippen molar-refractivity contribution in [3.8, 4) is 0 Å². The molecule has 5 nitrogen and oxygen atoms in total. The lowest BCUT2D eigenvalue weighted by Gasteiger charge is -2.39. The van der Waals surface area contributed by atoms with Crippen LogP contribution < -0.4 is 11.1 Å². The van der Waals surface area contributed by atoms with Crippen LogP contribution in [0.3, 0.4) is 0 Å². The van der Waals surface area contributed by atoms with Gasteiger partial charge in [-0.15, -0.1) is 0 Å². The second-order valence-electron chi connectivity index (χ2n) is 6.43. The average molecular weight is 333 g/mol. The fraction of sp³-hybridized carbons (Fsp3) is 0.632. The molecule has 1 saturated heterocycles. The Morgan fingerprint density at radius 3 is 2.42 bits per heavy atom. The van der Waals surface area contributed by atoms with Gasteiger partial charge in [-0.05, 0) is 11.5 Å². The van der Waals surface area contributed by atoms with Gasteiger partial charge >= 0.3 is 0 Å². The zero-order valence-corrected chi connectivity index (χ0v) is 14.9. The minimum Gasteiger partial charge on any atom is -0.379 e. The lowest BCUT2D eigenvalue weighted by Crippen LogP contribution is -2.52. The predicted molar refractivity (Wildman–Crippen MR) is 96.6 cm³/mol. The van der Waals surface area contributed by atoms with E-state index in [0.29, 0.717) is 18.5 Å². The number of carbonyl (C=O) groups excluding carboxylic acids is 1. The molecule has 2 atom stereocenters. The molecule has 3 N–H and O–H groups in total. The first-order valence-electron chi connectivity index (χ1n) is 9.07. The van der Waals surface area contributed by atoms with E-state index in [1.165, 1.54) is 0 Å². The molecule has 1 aliphatic heterocycles. The maximum absolute atomic E-state index is 12.5. The van der Waals surface area contributed by atoms with E-state index < -0.39 is 6.04 Å². The quantitative estimate of drug-likeness (QED) is 0.763. The molecule has 0 bridgehead atoms. The molecule has 24 heavy (non-hydrogen) atoms. The van der Waals surface area contributed by atoms with Crippen LogP contribution in [-0.2, 0) is 9.53 Å². The van der Waals surface area contributed by atoms with E-state index in [2.05, 4.69) is 24.1 Å². The molecule has 0 aliphatic carbocycles. The van der Waals surface area contributed by atoms with E-state index in [4.69, 9.17) is 10.5 Å². The van der Waals surface area contributed by atoms with Gasteiger partial charge in [0.1, 0.15) is 6.04 Å². The normalized spacial score (nSPS) is 18.3. The predicted octanol–water partition coefficient (Wildman–Crippen LogP) is 1.94. The first-order valence-corrected chi connectivity index (χ1v) is 9.07. The number of morpholine rings is 1. The minimum atomic E-state index is -0.613. The van der Waals surface area contributed by atoms with Crippen LogP contribution >= 0.6 is 0 Å². The summed E-state index contributed by atoms with van der Waals surface area (Å²) in [6.07, 6.45) is 2.22. The Balaban J connectivity index is 1.97. The summed E-state index contributed by atoms with van der Waals surface area (Å²) >= 11 is 0. The number of hydrogen-bond donors (Lipinski definition) is 2. The first-order chi connectivity index (χ1) is 11.7. The summed E-state index contributed by atoms with van der Waals surface area (Å²) in [5, 5.41) is 3.08. The van der Waals surface area contributed by atoms with Crippen molar-refractivity contribution >= 4 is 5.91 Å². The minimum absolute atomic E-state index is 0.106. The Morgan fingerprint density at radius 1 is 1.21 bits per heavy atom. The van der Waals surface area contributed by atoms with Crippen LogP contribution in [0.5, 0.6) is 0 Å². The number of hydrogen-bond acceptors (Lipinski definition) is 4. The number of carbonyl (C=O) groups is 1. The number of ether oxygens (including phenoxy) is 1. The largest absolute Gasteiger partial charge is 0.379 e. The van der Waals surface area contributed by atoms with E-state index in [1.807, 2.05) is 30.3 Å². The molecule has 1 fully saturated rings. The van der Waals surface area contributed by atoms with Gasteiger partial charge in [0, 0.05) is 25.7 Å². The average Bonchev–Trinajstić information content (AvgIpc) is 2.65. The molecule has 0 saturated carbocycles. The molecule has 134 valence electrons. The summed E-state index contributed by atoms with van der Waals surface area (Å²) < 4.78 is 5.47. The van der Waals surface area contributed by atoms with Gasteiger partial charge in [0.15, 0.2) is 0 Å². The Bertz CT molecular complexity index is 485. The maximum Gasteiger partial charge on any atom is 0.241 e. The lowest BCUT2D eigenvalue weighted by atomic mass is 9.92. The van der Waals surface area contributed by atoms with E-state index in [9.17, 15) is 4.79 Å². The monoisotopic (exact) mass is 333 g/mol. The summed E-state index contributed by atoms with van der Waals surface area (Å²) in [4.78, 5) is 14.9. The summed E-state index contributed by atoms with van der Waals surface area (Å²) in [5.74, 6) is 0.460. The molecule has 2 unspecified atom stereocenters. The third-order valence-electron chi connectivity index (χ3n) is 5.03. The highest BCUT2D eigenvalue weighted by Gasteiger charge is 2.28. The molecule has 2 rings (SSSR count). The van der Waals surface area contributed by atoms with Crippen molar-refractivity contribution in [3.63, 3.8) is 0 Å². The number of rotatable bonds is 8. The smallest absolute Gasteiger partial charge is 0.241 e. The van der Waals surface area contributed by atoms with Crippen LogP contribution in [0.1, 0.15) is 38.3 Å². The van der Waals surface area contributed by atoms with Crippen molar-refractivity contribution in [2.75, 3.05) is 32.8 Å². The number of amides is 1. The van der Waals surface area contributed by atoms with E-state index in [0.717, 1.165) is 44.7 Å². The number of nitrogens with one attached hydrogen (secondary N) is 1. The molecule has 1 amide bonds. The second-order valence-corrected chi connectivity index (χ2v) is 6.43. The number of nitrogens with two attached hydrogens (primary N) is 1. The first kappa shape index (κ1) is 18.9. The highest BCUT2D eigenvalue weighted by atomic mass is 16.5. The fourth-order valence-electron chi connectivity index (χ4n) is 3.46. The van der Waals surface area contributed by atoms with Gasteiger partial charge in [0.05, 0.1) is 13.2 Å². The molecule has 1 heterocycles. The van der Waals surface area contributed by atoms with Crippen LogP contribution in [-0.4, -0.2) is 49.7 Å². The molecule has 1 aromatic carbocycles. The lowest BCUT2D eigenvalue weighted by molar-refractivity contribution is -0.123. The van der Waals surface area contributed by atoms with Crippen molar-refractivity contribution in [1.82, 2.24) is 10.2 Å². The SMILES string of the molecule is CCC(CC)C(CNC(=O)C(N)c1ccccc1)N1CCOCC1. The van der Waals surface area contributed by atoms with Gasteiger partial charge in [0.25, 0.3) is 0 Å².